The van der Waals surface area contributed by atoms with Gasteiger partial charge in [-0.3, -0.25) is 14.9 Å². The summed E-state index contributed by atoms with van der Waals surface area (Å²) < 4.78 is 0. The van der Waals surface area contributed by atoms with Gasteiger partial charge in [0.1, 0.15) is 5.56 Å². The summed E-state index contributed by atoms with van der Waals surface area (Å²) in [6.45, 7) is 0.567. The first-order valence-electron chi connectivity index (χ1n) is 4.53. The maximum atomic E-state index is 11.0. The predicted molar refractivity (Wildman–Crippen MR) is 60.7 cm³/mol. The van der Waals surface area contributed by atoms with Crippen LogP contribution in [0, 0.1) is 10.1 Å². The monoisotopic (exact) mass is 242 g/mol. The Labute approximate surface area is 97.8 Å². The third-order valence-corrected chi connectivity index (χ3v) is 2.17. The normalized spacial score (nSPS) is 10.5. The van der Waals surface area contributed by atoms with Crippen molar-refractivity contribution in [3.63, 3.8) is 0 Å². The van der Waals surface area contributed by atoms with Crippen LogP contribution < -0.4 is 0 Å². The lowest BCUT2D eigenvalue weighted by molar-refractivity contribution is -0.385. The third-order valence-electron chi connectivity index (χ3n) is 1.97. The largest absolute Gasteiger partial charge is 0.305 e. The van der Waals surface area contributed by atoms with Crippen LogP contribution in [0.2, 0.25) is 0 Å². The number of halogens is 1. The molecular formula is C10H11ClN2O3. The van der Waals surface area contributed by atoms with Gasteiger partial charge in [-0.2, -0.15) is 0 Å². The minimum atomic E-state index is -0.817. The topological polar surface area (TPSA) is 63.5 Å². The second kappa shape index (κ2) is 5.05. The number of benzene rings is 1. The second-order valence-corrected chi connectivity index (χ2v) is 3.96. The second-order valence-electron chi connectivity index (χ2n) is 3.62. The van der Waals surface area contributed by atoms with Crippen molar-refractivity contribution in [3.8, 4) is 0 Å². The number of hydrogen-bond acceptors (Lipinski definition) is 4. The third kappa shape index (κ3) is 3.01. The molecule has 0 aliphatic carbocycles. The van der Waals surface area contributed by atoms with Gasteiger partial charge in [0.25, 0.3) is 10.9 Å². The number of hydrogen-bond donors (Lipinski definition) is 0. The first-order chi connectivity index (χ1) is 7.41. The van der Waals surface area contributed by atoms with Gasteiger partial charge in [0.15, 0.2) is 0 Å². The summed E-state index contributed by atoms with van der Waals surface area (Å²) >= 11 is 5.26. The van der Waals surface area contributed by atoms with Crippen LogP contribution in [0.5, 0.6) is 0 Å². The fraction of sp³-hybridized carbons (Fsp3) is 0.300. The number of nitro benzene ring substituents is 1. The standard InChI is InChI=1S/C10H11ClN2O3/c1-12(2)6-7-3-4-8(10(11)14)9(5-7)13(15)16/h3-5H,6H2,1-2H3. The molecule has 86 valence electrons. The Hall–Kier alpha value is -1.46. The van der Waals surface area contributed by atoms with Gasteiger partial charge in [-0.25, -0.2) is 0 Å². The van der Waals surface area contributed by atoms with E-state index in [1.807, 2.05) is 19.0 Å². The molecule has 0 aliphatic heterocycles. The number of rotatable bonds is 4. The van der Waals surface area contributed by atoms with Crippen LogP contribution in [0.1, 0.15) is 15.9 Å². The molecule has 0 heterocycles. The first kappa shape index (κ1) is 12.6. The van der Waals surface area contributed by atoms with Crippen molar-refractivity contribution in [3.05, 3.63) is 39.4 Å². The van der Waals surface area contributed by atoms with E-state index in [4.69, 9.17) is 11.6 Å². The highest BCUT2D eigenvalue weighted by molar-refractivity contribution is 6.68. The summed E-state index contributed by atoms with van der Waals surface area (Å²) in [5, 5.41) is 9.93. The number of carbonyl (C=O) groups is 1. The van der Waals surface area contributed by atoms with Gasteiger partial charge >= 0.3 is 0 Å². The first-order valence-corrected chi connectivity index (χ1v) is 4.91. The van der Waals surface area contributed by atoms with E-state index in [1.54, 1.807) is 6.07 Å². The van der Waals surface area contributed by atoms with Gasteiger partial charge in [-0.05, 0) is 37.3 Å². The summed E-state index contributed by atoms with van der Waals surface area (Å²) in [5.41, 5.74) is 0.437. The molecule has 1 aromatic rings. The Bertz CT molecular complexity index is 432. The summed E-state index contributed by atoms with van der Waals surface area (Å²) in [4.78, 5) is 23.0. The molecule has 0 unspecified atom stereocenters. The zero-order valence-corrected chi connectivity index (χ0v) is 9.69. The molecule has 5 nitrogen and oxygen atoms in total. The minimum Gasteiger partial charge on any atom is -0.305 e. The zero-order valence-electron chi connectivity index (χ0n) is 8.94. The number of carbonyl (C=O) groups excluding carboxylic acids is 1. The molecular weight excluding hydrogens is 232 g/mol. The molecule has 0 radical (unpaired) electrons. The lowest BCUT2D eigenvalue weighted by atomic mass is 10.1. The van der Waals surface area contributed by atoms with E-state index in [0.717, 1.165) is 5.56 Å². The molecule has 0 bridgehead atoms. The molecule has 0 spiro atoms. The highest BCUT2D eigenvalue weighted by Gasteiger charge is 2.19. The molecule has 0 amide bonds. The van der Waals surface area contributed by atoms with Gasteiger partial charge in [-0.15, -0.1) is 0 Å². The highest BCUT2D eigenvalue weighted by Crippen LogP contribution is 2.22. The van der Waals surface area contributed by atoms with Crippen LogP contribution in [-0.4, -0.2) is 29.2 Å². The van der Waals surface area contributed by atoms with E-state index in [2.05, 4.69) is 0 Å². The van der Waals surface area contributed by atoms with Crippen molar-refractivity contribution < 1.29 is 9.72 Å². The van der Waals surface area contributed by atoms with Crippen LogP contribution in [0.3, 0.4) is 0 Å². The number of nitro groups is 1. The van der Waals surface area contributed by atoms with Crippen molar-refractivity contribution in [2.45, 2.75) is 6.54 Å². The van der Waals surface area contributed by atoms with E-state index >= 15 is 0 Å². The maximum absolute atomic E-state index is 11.0. The van der Waals surface area contributed by atoms with Crippen LogP contribution in [0.4, 0.5) is 5.69 Å². The molecule has 1 rings (SSSR count). The van der Waals surface area contributed by atoms with Gasteiger partial charge < -0.3 is 4.90 Å². The lowest BCUT2D eigenvalue weighted by Crippen LogP contribution is -2.11. The quantitative estimate of drug-likeness (QED) is 0.460. The van der Waals surface area contributed by atoms with Crippen molar-refractivity contribution in [2.75, 3.05) is 14.1 Å². The maximum Gasteiger partial charge on any atom is 0.281 e. The molecule has 1 aromatic carbocycles. The van der Waals surface area contributed by atoms with Crippen LogP contribution in [0.15, 0.2) is 18.2 Å². The van der Waals surface area contributed by atoms with Crippen LogP contribution in [0.25, 0.3) is 0 Å². The summed E-state index contributed by atoms with van der Waals surface area (Å²) in [7, 11) is 3.71. The summed E-state index contributed by atoms with van der Waals surface area (Å²) in [6, 6.07) is 4.41. The van der Waals surface area contributed by atoms with Gasteiger partial charge in [0, 0.05) is 12.6 Å². The van der Waals surface area contributed by atoms with E-state index < -0.39 is 10.2 Å². The fourth-order valence-electron chi connectivity index (χ4n) is 1.36. The van der Waals surface area contributed by atoms with E-state index in [1.165, 1.54) is 12.1 Å². The smallest absolute Gasteiger partial charge is 0.281 e. The highest BCUT2D eigenvalue weighted by atomic mass is 35.5. The van der Waals surface area contributed by atoms with Gasteiger partial charge in [0.05, 0.1) is 4.92 Å². The predicted octanol–water partition coefficient (Wildman–Crippen LogP) is 2.04. The average Bonchev–Trinajstić information content (AvgIpc) is 2.16. The van der Waals surface area contributed by atoms with Crippen molar-refractivity contribution in [1.29, 1.82) is 0 Å². The van der Waals surface area contributed by atoms with E-state index in [9.17, 15) is 14.9 Å². The Balaban J connectivity index is 3.17. The molecule has 0 N–H and O–H groups in total. The van der Waals surface area contributed by atoms with Crippen LogP contribution in [-0.2, 0) is 6.54 Å². The molecule has 0 fully saturated rings. The van der Waals surface area contributed by atoms with Crippen molar-refractivity contribution >= 4 is 22.5 Å². The Morgan fingerprint density at radius 1 is 1.50 bits per heavy atom. The SMILES string of the molecule is CN(C)Cc1ccc(C(=O)Cl)c([N+](=O)[O-])c1. The Morgan fingerprint density at radius 2 is 2.12 bits per heavy atom. The van der Waals surface area contributed by atoms with Crippen LogP contribution >= 0.6 is 11.6 Å². The summed E-state index contributed by atoms with van der Waals surface area (Å²) in [6.07, 6.45) is 0. The van der Waals surface area contributed by atoms with Crippen molar-refractivity contribution in [1.82, 2.24) is 4.90 Å². The minimum absolute atomic E-state index is 0.0748. The molecule has 0 aromatic heterocycles. The molecule has 0 aliphatic rings. The van der Waals surface area contributed by atoms with Gasteiger partial charge in [0.2, 0.25) is 0 Å². The fourth-order valence-corrected chi connectivity index (χ4v) is 1.52. The van der Waals surface area contributed by atoms with E-state index in [-0.39, 0.29) is 11.3 Å². The summed E-state index contributed by atoms with van der Waals surface area (Å²) in [5.74, 6) is 0. The molecule has 6 heteroatoms. The van der Waals surface area contributed by atoms with Crippen molar-refractivity contribution in [2.24, 2.45) is 0 Å². The zero-order chi connectivity index (χ0) is 12.3. The Morgan fingerprint density at radius 3 is 2.56 bits per heavy atom. The molecule has 16 heavy (non-hydrogen) atoms. The van der Waals surface area contributed by atoms with E-state index in [0.29, 0.717) is 6.54 Å². The molecule has 0 atom stereocenters. The molecule has 0 saturated heterocycles. The number of nitrogens with zero attached hydrogens (tertiary/aromatic N) is 2. The Kier molecular flexibility index (Phi) is 3.98. The average molecular weight is 243 g/mol. The molecule has 0 saturated carbocycles. The lowest BCUT2D eigenvalue weighted by Gasteiger charge is -2.09. The van der Waals surface area contributed by atoms with Gasteiger partial charge in [-0.1, -0.05) is 6.07 Å².